The molecule has 4 heteroatoms. The van der Waals surface area contributed by atoms with E-state index in [1.54, 1.807) is 0 Å². The van der Waals surface area contributed by atoms with E-state index in [4.69, 9.17) is 12.6 Å². The Bertz CT molecular complexity index is 735. The van der Waals surface area contributed by atoms with Crippen LogP contribution in [-0.4, -0.2) is 28.5 Å². The Balaban J connectivity index is 2.10. The predicted octanol–water partition coefficient (Wildman–Crippen LogP) is 2.58. The molecule has 0 saturated carbocycles. The Morgan fingerprint density at radius 2 is 1.73 bits per heavy atom. The predicted molar refractivity (Wildman–Crippen MR) is 94.0 cm³/mol. The number of para-hydroxylation sites is 3. The van der Waals surface area contributed by atoms with Gasteiger partial charge in [0.2, 0.25) is 5.69 Å². The Morgan fingerprint density at radius 3 is 2.41 bits per heavy atom. The van der Waals surface area contributed by atoms with Gasteiger partial charge in [-0.25, -0.2) is 4.90 Å². The second kappa shape index (κ2) is 6.38. The summed E-state index contributed by atoms with van der Waals surface area (Å²) in [4.78, 5) is 5.95. The molecule has 0 aliphatic carbocycles. The highest BCUT2D eigenvalue weighted by Gasteiger charge is 2.40. The maximum absolute atomic E-state index is 5.66. The van der Waals surface area contributed by atoms with Crippen LogP contribution in [0.1, 0.15) is 13.8 Å². The van der Waals surface area contributed by atoms with Gasteiger partial charge in [0.25, 0.3) is 5.69 Å². The molecular weight excluding hydrogens is 290 g/mol. The molecule has 0 aromatic heterocycles. The van der Waals surface area contributed by atoms with Crippen LogP contribution in [0.2, 0.25) is 0 Å². The molecule has 0 saturated heterocycles. The first-order valence-electron chi connectivity index (χ1n) is 7.67. The van der Waals surface area contributed by atoms with Crippen molar-refractivity contribution in [1.29, 1.82) is 0 Å². The van der Waals surface area contributed by atoms with Crippen molar-refractivity contribution in [3.8, 4) is 0 Å². The topological polar surface area (TPSA) is 19.8 Å². The van der Waals surface area contributed by atoms with Gasteiger partial charge >= 0.3 is 5.84 Å². The van der Waals surface area contributed by atoms with Crippen LogP contribution in [0.3, 0.4) is 0 Å². The Labute approximate surface area is 137 Å². The van der Waals surface area contributed by atoms with Crippen molar-refractivity contribution in [3.05, 3.63) is 54.6 Å². The van der Waals surface area contributed by atoms with Gasteiger partial charge < -0.3 is 12.6 Å². The number of nitrogens with zero attached hydrogens (tertiary/aromatic N) is 2. The maximum Gasteiger partial charge on any atom is 0.371 e. The highest BCUT2D eigenvalue weighted by Crippen LogP contribution is 2.24. The molecule has 2 aromatic rings. The van der Waals surface area contributed by atoms with Crippen LogP contribution < -0.4 is 4.90 Å². The molecule has 2 aromatic carbocycles. The third-order valence-electron chi connectivity index (χ3n) is 3.93. The SMILES string of the molecule is CC[N+]1=C(C([S-])=Nc2ccccc2)[NH+](CC)c2ccccc21. The summed E-state index contributed by atoms with van der Waals surface area (Å²) in [5.74, 6) is 1.09. The first-order chi connectivity index (χ1) is 10.8. The van der Waals surface area contributed by atoms with Gasteiger partial charge in [0.05, 0.1) is 17.3 Å². The number of benzene rings is 2. The first kappa shape index (κ1) is 14.9. The zero-order valence-electron chi connectivity index (χ0n) is 12.9. The Morgan fingerprint density at radius 1 is 1.05 bits per heavy atom. The number of nitrogens with one attached hydrogen (secondary N) is 1. The molecule has 112 valence electrons. The second-order valence-corrected chi connectivity index (χ2v) is 5.58. The van der Waals surface area contributed by atoms with E-state index in [9.17, 15) is 0 Å². The minimum absolute atomic E-state index is 0.668. The largest absolute Gasteiger partial charge is 0.748 e. The van der Waals surface area contributed by atoms with Gasteiger partial charge in [0.1, 0.15) is 0 Å². The quantitative estimate of drug-likeness (QED) is 0.398. The lowest BCUT2D eigenvalue weighted by Gasteiger charge is -2.13. The van der Waals surface area contributed by atoms with Gasteiger partial charge in [-0.2, -0.15) is 0 Å². The van der Waals surface area contributed by atoms with Crippen LogP contribution in [0.15, 0.2) is 59.6 Å². The highest BCUT2D eigenvalue weighted by molar-refractivity contribution is 7.80. The van der Waals surface area contributed by atoms with Crippen LogP contribution in [-0.2, 0) is 12.6 Å². The molecule has 0 amide bonds. The summed E-state index contributed by atoms with van der Waals surface area (Å²) in [7, 11) is 0. The van der Waals surface area contributed by atoms with Crippen LogP contribution in [0.5, 0.6) is 0 Å². The summed E-state index contributed by atoms with van der Waals surface area (Å²) in [5.41, 5.74) is 3.43. The minimum atomic E-state index is 0.668. The highest BCUT2D eigenvalue weighted by atomic mass is 32.1. The van der Waals surface area contributed by atoms with Crippen molar-refractivity contribution in [3.63, 3.8) is 0 Å². The molecule has 1 aliphatic rings. The number of hydrogen-bond donors (Lipinski definition) is 1. The Hall–Kier alpha value is -2.04. The lowest BCUT2D eigenvalue weighted by molar-refractivity contribution is -0.737. The molecule has 0 fully saturated rings. The third kappa shape index (κ3) is 2.56. The number of fused-ring (bicyclic) bond motifs is 1. The summed E-state index contributed by atoms with van der Waals surface area (Å²) in [6.45, 7) is 6.17. The number of rotatable bonds is 4. The summed E-state index contributed by atoms with van der Waals surface area (Å²) >= 11 is 5.66. The van der Waals surface area contributed by atoms with Crippen molar-refractivity contribution < 1.29 is 9.48 Å². The zero-order chi connectivity index (χ0) is 15.5. The molecule has 1 unspecified atom stereocenters. The smallest absolute Gasteiger partial charge is 0.371 e. The van der Waals surface area contributed by atoms with E-state index in [1.165, 1.54) is 16.3 Å². The van der Waals surface area contributed by atoms with E-state index in [1.807, 2.05) is 30.3 Å². The van der Waals surface area contributed by atoms with Gasteiger partial charge in [-0.05, 0) is 26.0 Å². The van der Waals surface area contributed by atoms with E-state index < -0.39 is 0 Å². The molecule has 1 heterocycles. The molecule has 3 nitrogen and oxygen atoms in total. The van der Waals surface area contributed by atoms with Gasteiger partial charge in [0, 0.05) is 12.1 Å². The van der Waals surface area contributed by atoms with Gasteiger partial charge in [-0.15, -0.1) is 4.58 Å². The van der Waals surface area contributed by atoms with Crippen molar-refractivity contribution in [2.75, 3.05) is 13.1 Å². The van der Waals surface area contributed by atoms with Gasteiger partial charge in [-0.1, -0.05) is 30.3 Å². The molecule has 0 radical (unpaired) electrons. The van der Waals surface area contributed by atoms with E-state index in [0.717, 1.165) is 24.6 Å². The normalized spacial score (nSPS) is 17.7. The molecule has 0 bridgehead atoms. The lowest BCUT2D eigenvalue weighted by atomic mass is 10.2. The fourth-order valence-electron chi connectivity index (χ4n) is 2.98. The number of hydrogen-bond acceptors (Lipinski definition) is 2. The Kier molecular flexibility index (Phi) is 4.32. The van der Waals surface area contributed by atoms with Crippen molar-refractivity contribution >= 4 is 40.6 Å². The zero-order valence-corrected chi connectivity index (χ0v) is 13.7. The van der Waals surface area contributed by atoms with E-state index in [-0.39, 0.29) is 0 Å². The van der Waals surface area contributed by atoms with Gasteiger partial charge in [0.15, 0.2) is 6.54 Å². The number of quaternary nitrogens is 1. The van der Waals surface area contributed by atoms with Crippen molar-refractivity contribution in [2.24, 2.45) is 4.99 Å². The van der Waals surface area contributed by atoms with Crippen molar-refractivity contribution in [2.45, 2.75) is 13.8 Å². The van der Waals surface area contributed by atoms with Gasteiger partial charge in [-0.3, -0.25) is 4.99 Å². The van der Waals surface area contributed by atoms with E-state index >= 15 is 0 Å². The van der Waals surface area contributed by atoms with Crippen LogP contribution in [0.4, 0.5) is 17.1 Å². The molecule has 1 aliphatic heterocycles. The lowest BCUT2D eigenvalue weighted by Crippen LogP contribution is -3.10. The molecule has 0 spiro atoms. The summed E-state index contributed by atoms with van der Waals surface area (Å²) in [6, 6.07) is 18.4. The summed E-state index contributed by atoms with van der Waals surface area (Å²) < 4.78 is 2.28. The number of aliphatic imine (C=N–C) groups is 1. The standard InChI is InChI=1S/C18H19N3S/c1-3-20-15-12-8-9-13-16(15)21(4-2)18(20)17(22)19-14-10-6-5-7-11-14/h5-13H,3-4H2,1-2H3/p+1. The van der Waals surface area contributed by atoms with Crippen LogP contribution in [0.25, 0.3) is 0 Å². The van der Waals surface area contributed by atoms with Crippen molar-refractivity contribution in [1.82, 2.24) is 0 Å². The average molecular weight is 310 g/mol. The maximum atomic E-state index is 5.66. The van der Waals surface area contributed by atoms with E-state index in [2.05, 4.69) is 47.7 Å². The molecule has 3 rings (SSSR count). The number of amidine groups is 1. The summed E-state index contributed by atoms with van der Waals surface area (Å²) in [6.07, 6.45) is 0. The molecule has 1 N–H and O–H groups in total. The molecule has 1 atom stereocenters. The van der Waals surface area contributed by atoms with E-state index in [0.29, 0.717) is 5.04 Å². The van der Waals surface area contributed by atoms with Crippen LogP contribution >= 0.6 is 0 Å². The average Bonchev–Trinajstić information content (AvgIpc) is 2.89. The monoisotopic (exact) mass is 310 g/mol. The first-order valence-corrected chi connectivity index (χ1v) is 8.08. The fourth-order valence-corrected chi connectivity index (χ4v) is 3.32. The third-order valence-corrected chi connectivity index (χ3v) is 4.22. The molecule has 22 heavy (non-hydrogen) atoms. The molecular formula is C18H20N3S+. The fraction of sp³-hybridized carbons (Fsp3) is 0.222. The van der Waals surface area contributed by atoms with Crippen LogP contribution in [0, 0.1) is 0 Å². The second-order valence-electron chi connectivity index (χ2n) is 5.19. The minimum Gasteiger partial charge on any atom is -0.748 e. The summed E-state index contributed by atoms with van der Waals surface area (Å²) in [5, 5.41) is 0.668.